The molecule has 54 heavy (non-hydrogen) atoms. The van der Waals surface area contributed by atoms with Crippen molar-refractivity contribution in [1.82, 2.24) is 24.9 Å². The van der Waals surface area contributed by atoms with Crippen LogP contribution >= 0.6 is 0 Å². The van der Waals surface area contributed by atoms with E-state index in [4.69, 9.17) is 20.4 Å². The van der Waals surface area contributed by atoms with Crippen LogP contribution in [0.5, 0.6) is 5.88 Å². The predicted molar refractivity (Wildman–Crippen MR) is 205 cm³/mol. The van der Waals surface area contributed by atoms with Crippen molar-refractivity contribution in [3.05, 3.63) is 103 Å². The molecule has 282 valence electrons. The summed E-state index contributed by atoms with van der Waals surface area (Å²) in [5, 5.41) is 3.52. The van der Waals surface area contributed by atoms with Crippen LogP contribution in [0.25, 0.3) is 22.3 Å². The van der Waals surface area contributed by atoms with Crippen LogP contribution in [0.15, 0.2) is 97.6 Å². The van der Waals surface area contributed by atoms with Crippen molar-refractivity contribution in [3.63, 3.8) is 0 Å². The Hall–Kier alpha value is -5.14. The number of aromatic nitrogens is 2. The minimum atomic E-state index is -4.11. The molecule has 3 aliphatic rings. The first-order valence-electron chi connectivity index (χ1n) is 18.3. The molecule has 3 aromatic carbocycles. The van der Waals surface area contributed by atoms with Gasteiger partial charge < -0.3 is 20.7 Å². The van der Waals surface area contributed by atoms with Crippen molar-refractivity contribution in [1.29, 1.82) is 0 Å². The lowest BCUT2D eigenvalue weighted by molar-refractivity contribution is -0.142. The highest BCUT2D eigenvalue weighted by Crippen LogP contribution is 2.48. The first-order chi connectivity index (χ1) is 25.7. The Morgan fingerprint density at radius 2 is 1.65 bits per heavy atom. The van der Waals surface area contributed by atoms with Crippen molar-refractivity contribution in [3.8, 4) is 17.3 Å². The Morgan fingerprint density at radius 3 is 2.28 bits per heavy atom. The van der Waals surface area contributed by atoms with Gasteiger partial charge in [0.15, 0.2) is 5.82 Å². The summed E-state index contributed by atoms with van der Waals surface area (Å²) in [6.45, 7) is 9.39. The van der Waals surface area contributed by atoms with E-state index in [-0.39, 0.29) is 25.8 Å². The molecule has 0 bridgehead atoms. The predicted octanol–water partition coefficient (Wildman–Crippen LogP) is 4.30. The lowest BCUT2D eigenvalue weighted by atomic mass is 9.86. The zero-order valence-corrected chi connectivity index (χ0v) is 31.5. The van der Waals surface area contributed by atoms with Gasteiger partial charge in [0, 0.05) is 17.9 Å². The van der Waals surface area contributed by atoms with Gasteiger partial charge in [0.1, 0.15) is 17.7 Å². The average molecular weight is 751 g/mol. The summed E-state index contributed by atoms with van der Waals surface area (Å²) in [6, 6.07) is 24.2. The van der Waals surface area contributed by atoms with Crippen LogP contribution in [0.3, 0.4) is 0 Å². The molecule has 4 aromatic rings. The summed E-state index contributed by atoms with van der Waals surface area (Å²) in [4.78, 5) is 53.2. The second-order valence-electron chi connectivity index (χ2n) is 15.8. The molecule has 0 spiro atoms. The minimum absolute atomic E-state index is 0.0279. The fourth-order valence-corrected chi connectivity index (χ4v) is 8.88. The maximum atomic E-state index is 14.3. The second-order valence-corrected chi connectivity index (χ2v) is 17.9. The quantitative estimate of drug-likeness (QED) is 0.179. The van der Waals surface area contributed by atoms with E-state index in [0.717, 1.165) is 11.1 Å². The number of carbonyl (C=O) groups excluding carboxylic acids is 3. The molecule has 12 nitrogen and oxygen atoms in total. The fourth-order valence-electron chi connectivity index (χ4n) is 7.24. The number of likely N-dealkylation sites (tertiary alicyclic amines) is 1. The summed E-state index contributed by atoms with van der Waals surface area (Å²) in [6.07, 6.45) is 2.19. The van der Waals surface area contributed by atoms with Crippen LogP contribution in [0.4, 0.5) is 0 Å². The SMILES string of the molecule is C=C[C@@H]1CC1(NC(=O)[C@@H]1C[C@@H](Oc2nc(-c3ccccc3)nc3ccccc23)CN1C(=O)[C@@H](N)C(C)(C)C)C(=O)NS(=O)(=O)C1(Cc2ccccc2)CC1. The standard InChI is InChI=1S/C41H46N6O6S/c1-5-28-24-41(28,38(50)46-54(51,52)40(20-21-40)23-26-14-8-6-9-15-26)45-35(48)32-22-29(25-47(32)37(49)33(42)39(2,3)4)53-36-30-18-12-13-19-31(30)43-34(44-36)27-16-10-7-11-17-27/h5-19,28-29,32-33H,1,20-25,42H2,2-4H3,(H,45,48)(H,46,50)/t28-,29-,32+,33-,41?/m1/s1. The van der Waals surface area contributed by atoms with Gasteiger partial charge in [0.2, 0.25) is 27.7 Å². The molecular formula is C41H46N6O6S. The summed E-state index contributed by atoms with van der Waals surface area (Å²) in [5.74, 6) is -1.63. The van der Waals surface area contributed by atoms with E-state index in [1.807, 2.05) is 106 Å². The number of sulfonamides is 1. The minimum Gasteiger partial charge on any atom is -0.472 e. The number of nitrogens with zero attached hydrogens (tertiary/aromatic N) is 3. The summed E-state index contributed by atoms with van der Waals surface area (Å²) >= 11 is 0. The lowest BCUT2D eigenvalue weighted by Crippen LogP contribution is -2.59. The number of fused-ring (bicyclic) bond motifs is 1. The highest BCUT2D eigenvalue weighted by Gasteiger charge is 2.63. The van der Waals surface area contributed by atoms with Gasteiger partial charge in [0.25, 0.3) is 5.91 Å². The Bertz CT molecular complexity index is 2210. The molecule has 2 saturated carbocycles. The Labute approximate surface area is 315 Å². The first kappa shape index (κ1) is 37.2. The number of nitrogens with two attached hydrogens (primary N) is 1. The van der Waals surface area contributed by atoms with Crippen molar-refractivity contribution in [2.45, 2.75) is 81.3 Å². The third-order valence-corrected chi connectivity index (χ3v) is 13.1. The van der Waals surface area contributed by atoms with Gasteiger partial charge in [0.05, 0.1) is 28.2 Å². The molecule has 1 aliphatic heterocycles. The number of amides is 3. The Balaban J connectivity index is 1.14. The maximum Gasteiger partial charge on any atom is 0.259 e. The number of benzene rings is 3. The van der Waals surface area contributed by atoms with Crippen molar-refractivity contribution in [2.75, 3.05) is 6.54 Å². The highest BCUT2D eigenvalue weighted by atomic mass is 32.2. The van der Waals surface area contributed by atoms with E-state index in [0.29, 0.717) is 35.4 Å². The molecule has 4 N–H and O–H groups in total. The first-order valence-corrected chi connectivity index (χ1v) is 19.7. The second kappa shape index (κ2) is 13.9. The number of ether oxygens (including phenoxy) is 1. The zero-order chi connectivity index (χ0) is 38.5. The molecule has 13 heteroatoms. The molecule has 7 rings (SSSR count). The average Bonchev–Trinajstić information content (AvgIpc) is 4.06. The van der Waals surface area contributed by atoms with Crippen LogP contribution in [-0.2, 0) is 30.8 Å². The van der Waals surface area contributed by atoms with Crippen LogP contribution in [-0.4, -0.2) is 76.0 Å². The smallest absolute Gasteiger partial charge is 0.259 e. The summed E-state index contributed by atoms with van der Waals surface area (Å²) in [7, 11) is -4.11. The summed E-state index contributed by atoms with van der Waals surface area (Å²) < 4.78 is 35.2. The van der Waals surface area contributed by atoms with Gasteiger partial charge in [-0.15, -0.1) is 6.58 Å². The molecule has 2 aliphatic carbocycles. The largest absolute Gasteiger partial charge is 0.472 e. The molecule has 2 heterocycles. The fraction of sp³-hybridized carbons (Fsp3) is 0.390. The van der Waals surface area contributed by atoms with Crippen LogP contribution in [0, 0.1) is 11.3 Å². The van der Waals surface area contributed by atoms with E-state index in [1.165, 1.54) is 11.0 Å². The third-order valence-electron chi connectivity index (χ3n) is 11.0. The molecule has 1 saturated heterocycles. The van der Waals surface area contributed by atoms with E-state index < -0.39 is 67.6 Å². The number of hydrogen-bond acceptors (Lipinski definition) is 9. The number of para-hydroxylation sites is 1. The molecule has 1 unspecified atom stereocenters. The lowest BCUT2D eigenvalue weighted by Gasteiger charge is -2.33. The van der Waals surface area contributed by atoms with Gasteiger partial charge >= 0.3 is 0 Å². The van der Waals surface area contributed by atoms with E-state index in [1.54, 1.807) is 0 Å². The topological polar surface area (TPSA) is 174 Å². The highest BCUT2D eigenvalue weighted by molar-refractivity contribution is 7.91. The Kier molecular flexibility index (Phi) is 9.59. The Morgan fingerprint density at radius 1 is 1.00 bits per heavy atom. The van der Waals surface area contributed by atoms with E-state index in [2.05, 4.69) is 16.6 Å². The van der Waals surface area contributed by atoms with Gasteiger partial charge in [-0.05, 0) is 48.8 Å². The normalized spacial score (nSPS) is 23.6. The van der Waals surface area contributed by atoms with Gasteiger partial charge in [-0.2, -0.15) is 4.98 Å². The molecule has 3 fully saturated rings. The summed E-state index contributed by atoms with van der Waals surface area (Å²) in [5.41, 5.74) is 6.61. The van der Waals surface area contributed by atoms with E-state index in [9.17, 15) is 22.8 Å². The van der Waals surface area contributed by atoms with Crippen molar-refractivity contribution >= 4 is 38.6 Å². The molecule has 5 atom stereocenters. The van der Waals surface area contributed by atoms with Crippen molar-refractivity contribution < 1.29 is 27.5 Å². The van der Waals surface area contributed by atoms with Crippen LogP contribution in [0.1, 0.15) is 52.0 Å². The number of nitrogens with one attached hydrogen (secondary N) is 2. The zero-order valence-electron chi connectivity index (χ0n) is 30.7. The van der Waals surface area contributed by atoms with Gasteiger partial charge in [-0.3, -0.25) is 19.1 Å². The van der Waals surface area contributed by atoms with E-state index >= 15 is 0 Å². The molecule has 0 radical (unpaired) electrons. The number of carbonyl (C=O) groups is 3. The van der Waals surface area contributed by atoms with Crippen LogP contribution < -0.4 is 20.5 Å². The molecular weight excluding hydrogens is 705 g/mol. The molecule has 3 amide bonds. The van der Waals surface area contributed by atoms with Gasteiger partial charge in [-0.1, -0.05) is 99.6 Å². The van der Waals surface area contributed by atoms with Gasteiger partial charge in [-0.25, -0.2) is 13.4 Å². The van der Waals surface area contributed by atoms with Crippen LogP contribution in [0.2, 0.25) is 0 Å². The third kappa shape index (κ3) is 7.09. The van der Waals surface area contributed by atoms with Crippen molar-refractivity contribution in [2.24, 2.45) is 17.1 Å². The number of rotatable bonds is 12. The molecule has 1 aromatic heterocycles. The monoisotopic (exact) mass is 750 g/mol. The number of hydrogen-bond donors (Lipinski definition) is 3. The maximum absolute atomic E-state index is 14.3.